The molecule has 0 fully saturated rings. The highest BCUT2D eigenvalue weighted by atomic mass is 16.6. The summed E-state index contributed by atoms with van der Waals surface area (Å²) < 4.78 is 31.7. The maximum absolute atomic E-state index is 12.2. The Morgan fingerprint density at radius 2 is 1.34 bits per heavy atom. The summed E-state index contributed by atoms with van der Waals surface area (Å²) in [6.45, 7) is 6.15. The molecule has 208 valence electrons. The maximum atomic E-state index is 12.2. The minimum Gasteiger partial charge on any atom is -0.464 e. The Balaban J connectivity index is 1.12. The number of carbonyl (C=O) groups is 2. The van der Waals surface area contributed by atoms with Gasteiger partial charge in [0.25, 0.3) is 0 Å². The first-order chi connectivity index (χ1) is 18.7. The van der Waals surface area contributed by atoms with Crippen molar-refractivity contribution in [1.29, 1.82) is 0 Å². The van der Waals surface area contributed by atoms with Crippen molar-refractivity contribution in [3.63, 3.8) is 0 Å². The average molecular weight is 531 g/mol. The molecule has 1 aliphatic rings. The second kappa shape index (κ2) is 17.5. The molecule has 2 aromatic carbocycles. The van der Waals surface area contributed by atoms with Gasteiger partial charge in [0, 0.05) is 19.0 Å². The molecule has 0 saturated carbocycles. The number of nitrogens with one attached hydrogen (secondary N) is 2. The van der Waals surface area contributed by atoms with Gasteiger partial charge in [0.05, 0.1) is 53.0 Å². The Hall–Kier alpha value is -3.02. The predicted octanol–water partition coefficient (Wildman–Crippen LogP) is 2.70. The summed E-state index contributed by atoms with van der Waals surface area (Å²) in [6, 6.07) is 16.5. The van der Waals surface area contributed by atoms with E-state index in [9.17, 15) is 9.59 Å². The third-order valence-electron chi connectivity index (χ3n) is 5.76. The first-order valence-electron chi connectivity index (χ1n) is 13.0. The first-order valence-corrected chi connectivity index (χ1v) is 13.0. The third kappa shape index (κ3) is 10.0. The van der Waals surface area contributed by atoms with E-state index >= 15 is 0 Å². The zero-order chi connectivity index (χ0) is 26.8. The monoisotopic (exact) mass is 530 g/mol. The zero-order valence-electron chi connectivity index (χ0n) is 21.9. The molecule has 0 atom stereocenters. The fourth-order valence-corrected chi connectivity index (χ4v) is 4.03. The van der Waals surface area contributed by atoms with E-state index in [1.165, 1.54) is 22.3 Å². The summed E-state index contributed by atoms with van der Waals surface area (Å²) in [4.78, 5) is 23.2. The van der Waals surface area contributed by atoms with Crippen LogP contribution in [0, 0.1) is 0 Å². The highest BCUT2D eigenvalue weighted by molar-refractivity contribution is 5.79. The zero-order valence-corrected chi connectivity index (χ0v) is 21.9. The Morgan fingerprint density at radius 3 is 2.03 bits per heavy atom. The molecule has 10 heteroatoms. The fraction of sp³-hybridized carbons (Fsp3) is 0.500. The van der Waals surface area contributed by atoms with E-state index < -0.39 is 6.09 Å². The molecular formula is C28H38N2O8. The summed E-state index contributed by atoms with van der Waals surface area (Å²) in [5, 5.41) is 5.81. The van der Waals surface area contributed by atoms with Gasteiger partial charge in [0.1, 0.15) is 13.2 Å². The molecular weight excluding hydrogens is 492 g/mol. The fourth-order valence-electron chi connectivity index (χ4n) is 4.03. The van der Waals surface area contributed by atoms with E-state index in [0.29, 0.717) is 66.1 Å². The quantitative estimate of drug-likeness (QED) is 0.161. The minimum atomic E-state index is -0.455. The van der Waals surface area contributed by atoms with Crippen LogP contribution in [-0.4, -0.2) is 91.3 Å². The van der Waals surface area contributed by atoms with Crippen molar-refractivity contribution < 1.29 is 38.0 Å². The smallest absolute Gasteiger partial charge is 0.407 e. The number of esters is 1. The first kappa shape index (κ1) is 29.5. The molecule has 2 N–H and O–H groups in total. The number of hydrogen-bond donors (Lipinski definition) is 2. The van der Waals surface area contributed by atoms with Gasteiger partial charge in [-0.05, 0) is 29.2 Å². The Labute approximate surface area is 223 Å². The SMILES string of the molecule is CCOC(=O)COCCOCCNCOCCOCCNC(=O)OCC1c2ccccc2-c2ccccc21. The summed E-state index contributed by atoms with van der Waals surface area (Å²) in [5.74, 6) is -0.333. The number of alkyl carbamates (subject to hydrolysis) is 1. The molecule has 10 nitrogen and oxygen atoms in total. The average Bonchev–Trinajstić information content (AvgIpc) is 3.25. The summed E-state index contributed by atoms with van der Waals surface area (Å²) in [7, 11) is 0. The molecule has 0 saturated heterocycles. The standard InChI is InChI=1S/C28H38N2O8/c1-2-37-27(31)20-35-17-15-33-13-11-29-21-36-18-16-34-14-12-30-28(32)38-19-26-24-9-5-3-7-22(24)23-8-4-6-10-25(23)26/h3-10,26,29H,2,11-21H2,1H3,(H,30,32). The van der Waals surface area contributed by atoms with Crippen molar-refractivity contribution in [3.8, 4) is 11.1 Å². The van der Waals surface area contributed by atoms with Crippen molar-refractivity contribution in [1.82, 2.24) is 10.6 Å². The molecule has 0 radical (unpaired) electrons. The Morgan fingerprint density at radius 1 is 0.737 bits per heavy atom. The van der Waals surface area contributed by atoms with Crippen LogP contribution in [0.2, 0.25) is 0 Å². The lowest BCUT2D eigenvalue weighted by Crippen LogP contribution is -2.29. The topological polar surface area (TPSA) is 114 Å². The molecule has 0 unspecified atom stereocenters. The van der Waals surface area contributed by atoms with Gasteiger partial charge in [-0.15, -0.1) is 0 Å². The number of ether oxygens (including phenoxy) is 6. The van der Waals surface area contributed by atoms with Crippen molar-refractivity contribution in [2.45, 2.75) is 12.8 Å². The molecule has 1 aliphatic carbocycles. The molecule has 2 aromatic rings. The van der Waals surface area contributed by atoms with Crippen LogP contribution in [0.3, 0.4) is 0 Å². The summed E-state index contributed by atoms with van der Waals surface area (Å²) in [6.07, 6.45) is -0.455. The second-order valence-corrected chi connectivity index (χ2v) is 8.39. The van der Waals surface area contributed by atoms with Crippen molar-refractivity contribution in [2.24, 2.45) is 0 Å². The molecule has 1 amide bonds. The van der Waals surface area contributed by atoms with Gasteiger partial charge >= 0.3 is 12.1 Å². The van der Waals surface area contributed by atoms with Gasteiger partial charge in [-0.25, -0.2) is 9.59 Å². The van der Waals surface area contributed by atoms with Crippen LogP contribution >= 0.6 is 0 Å². The molecule has 0 spiro atoms. The van der Waals surface area contributed by atoms with Crippen LogP contribution in [-0.2, 0) is 33.2 Å². The molecule has 3 rings (SSSR count). The van der Waals surface area contributed by atoms with Crippen LogP contribution in [0.4, 0.5) is 4.79 Å². The van der Waals surface area contributed by atoms with Crippen molar-refractivity contribution in [2.75, 3.05) is 79.3 Å². The minimum absolute atomic E-state index is 0.0403. The third-order valence-corrected chi connectivity index (χ3v) is 5.76. The number of benzene rings is 2. The molecule has 38 heavy (non-hydrogen) atoms. The van der Waals surface area contributed by atoms with Gasteiger partial charge in [-0.1, -0.05) is 48.5 Å². The molecule has 0 aromatic heterocycles. The lowest BCUT2D eigenvalue weighted by Gasteiger charge is -2.14. The summed E-state index contributed by atoms with van der Waals surface area (Å²) >= 11 is 0. The largest absolute Gasteiger partial charge is 0.464 e. The van der Waals surface area contributed by atoms with E-state index in [1.807, 2.05) is 24.3 Å². The van der Waals surface area contributed by atoms with Gasteiger partial charge in [-0.3, -0.25) is 5.32 Å². The van der Waals surface area contributed by atoms with Gasteiger partial charge in [-0.2, -0.15) is 0 Å². The predicted molar refractivity (Wildman–Crippen MR) is 141 cm³/mol. The number of carbonyl (C=O) groups excluding carboxylic acids is 2. The van der Waals surface area contributed by atoms with Crippen LogP contribution in [0.1, 0.15) is 24.0 Å². The van der Waals surface area contributed by atoms with Gasteiger partial charge < -0.3 is 33.7 Å². The molecule has 0 aliphatic heterocycles. The van der Waals surface area contributed by atoms with Crippen LogP contribution in [0.15, 0.2) is 48.5 Å². The van der Waals surface area contributed by atoms with E-state index in [-0.39, 0.29) is 25.1 Å². The van der Waals surface area contributed by atoms with Crippen molar-refractivity contribution >= 4 is 12.1 Å². The molecule has 0 heterocycles. The number of rotatable bonds is 19. The number of hydrogen-bond acceptors (Lipinski definition) is 9. The highest BCUT2D eigenvalue weighted by Crippen LogP contribution is 2.44. The normalized spacial score (nSPS) is 12.1. The van der Waals surface area contributed by atoms with Crippen LogP contribution in [0.5, 0.6) is 0 Å². The van der Waals surface area contributed by atoms with E-state index in [0.717, 1.165) is 0 Å². The van der Waals surface area contributed by atoms with Crippen LogP contribution in [0.25, 0.3) is 11.1 Å². The maximum Gasteiger partial charge on any atom is 0.407 e. The van der Waals surface area contributed by atoms with Crippen LogP contribution < -0.4 is 10.6 Å². The summed E-state index contributed by atoms with van der Waals surface area (Å²) in [5.41, 5.74) is 4.77. The van der Waals surface area contributed by atoms with Gasteiger partial charge in [0.2, 0.25) is 0 Å². The number of fused-ring (bicyclic) bond motifs is 3. The van der Waals surface area contributed by atoms with E-state index in [4.69, 9.17) is 28.4 Å². The Bertz CT molecular complexity index is 941. The van der Waals surface area contributed by atoms with Crippen molar-refractivity contribution in [3.05, 3.63) is 59.7 Å². The molecule has 0 bridgehead atoms. The lowest BCUT2D eigenvalue weighted by molar-refractivity contribution is -0.148. The van der Waals surface area contributed by atoms with Gasteiger partial charge in [0.15, 0.2) is 0 Å². The number of amides is 1. The second-order valence-electron chi connectivity index (χ2n) is 8.39. The Kier molecular flexibility index (Phi) is 13.6. The highest BCUT2D eigenvalue weighted by Gasteiger charge is 2.28. The van der Waals surface area contributed by atoms with E-state index in [2.05, 4.69) is 34.9 Å². The van der Waals surface area contributed by atoms with E-state index in [1.54, 1.807) is 6.92 Å². The lowest BCUT2D eigenvalue weighted by atomic mass is 9.98.